The van der Waals surface area contributed by atoms with Crippen molar-refractivity contribution in [2.75, 3.05) is 0 Å². The predicted octanol–water partition coefficient (Wildman–Crippen LogP) is 1.65. The van der Waals surface area contributed by atoms with Gasteiger partial charge in [0.15, 0.2) is 0 Å². The Labute approximate surface area is 101 Å². The molecule has 2 aliphatic carbocycles. The van der Waals surface area contributed by atoms with Crippen molar-refractivity contribution in [1.82, 2.24) is 15.1 Å². The summed E-state index contributed by atoms with van der Waals surface area (Å²) in [5, 5.41) is 7.39. The summed E-state index contributed by atoms with van der Waals surface area (Å²) in [6.45, 7) is 1.91. The molecule has 0 aliphatic heterocycles. The molecule has 4 heteroatoms. The number of fused-ring (bicyclic) bond motifs is 2. The molecule has 2 saturated carbocycles. The second-order valence-electron chi connectivity index (χ2n) is 5.55. The molecule has 0 aromatic carbocycles. The van der Waals surface area contributed by atoms with E-state index in [0.717, 1.165) is 17.5 Å². The minimum Gasteiger partial charge on any atom is -0.348 e. The number of rotatable bonds is 2. The molecule has 2 fully saturated rings. The minimum atomic E-state index is 0.0330. The molecular weight excluding hydrogens is 214 g/mol. The summed E-state index contributed by atoms with van der Waals surface area (Å²) in [4.78, 5) is 12.1. The van der Waals surface area contributed by atoms with Gasteiger partial charge in [0, 0.05) is 13.1 Å². The molecule has 2 bridgehead atoms. The first-order chi connectivity index (χ1) is 8.13. The van der Waals surface area contributed by atoms with Crippen LogP contribution in [0.15, 0.2) is 6.07 Å². The number of nitrogens with zero attached hydrogens (tertiary/aromatic N) is 2. The van der Waals surface area contributed by atoms with Gasteiger partial charge in [-0.3, -0.25) is 9.48 Å². The zero-order valence-corrected chi connectivity index (χ0v) is 10.4. The minimum absolute atomic E-state index is 0.0330. The van der Waals surface area contributed by atoms with E-state index in [-0.39, 0.29) is 5.91 Å². The molecule has 0 spiro atoms. The molecule has 1 N–H and O–H groups in total. The average Bonchev–Trinajstić information content (AvgIpc) is 2.93. The van der Waals surface area contributed by atoms with E-state index >= 15 is 0 Å². The van der Waals surface area contributed by atoms with Crippen molar-refractivity contribution >= 4 is 5.91 Å². The van der Waals surface area contributed by atoms with Gasteiger partial charge in [0.25, 0.3) is 5.91 Å². The van der Waals surface area contributed by atoms with Crippen LogP contribution in [0, 0.1) is 18.8 Å². The second-order valence-corrected chi connectivity index (χ2v) is 5.55. The zero-order chi connectivity index (χ0) is 12.0. The van der Waals surface area contributed by atoms with Gasteiger partial charge in [-0.1, -0.05) is 6.42 Å². The third-order valence-corrected chi connectivity index (χ3v) is 4.29. The van der Waals surface area contributed by atoms with Gasteiger partial charge in [-0.05, 0) is 44.1 Å². The number of amides is 1. The highest BCUT2D eigenvalue weighted by atomic mass is 16.2. The van der Waals surface area contributed by atoms with E-state index in [0.29, 0.717) is 11.7 Å². The smallest absolute Gasteiger partial charge is 0.269 e. The van der Waals surface area contributed by atoms with Crippen molar-refractivity contribution in [1.29, 1.82) is 0 Å². The lowest BCUT2D eigenvalue weighted by molar-refractivity contribution is 0.0913. The highest BCUT2D eigenvalue weighted by molar-refractivity contribution is 5.92. The lowest BCUT2D eigenvalue weighted by Gasteiger charge is -2.22. The van der Waals surface area contributed by atoms with E-state index in [1.54, 1.807) is 4.68 Å². The van der Waals surface area contributed by atoms with Crippen LogP contribution in [0.3, 0.4) is 0 Å². The van der Waals surface area contributed by atoms with Crippen LogP contribution in [0.1, 0.15) is 41.9 Å². The molecule has 17 heavy (non-hydrogen) atoms. The Bertz CT molecular complexity index is 452. The van der Waals surface area contributed by atoms with Gasteiger partial charge in [0.05, 0.1) is 5.69 Å². The van der Waals surface area contributed by atoms with Crippen LogP contribution in [0.5, 0.6) is 0 Å². The van der Waals surface area contributed by atoms with Crippen LogP contribution in [-0.2, 0) is 7.05 Å². The maximum atomic E-state index is 12.1. The monoisotopic (exact) mass is 233 g/mol. The van der Waals surface area contributed by atoms with E-state index < -0.39 is 0 Å². The molecular formula is C13H19N3O. The number of aromatic nitrogens is 2. The SMILES string of the molecule is Cc1cc(C(=O)NC2CC3CCC2C3)n(C)n1. The van der Waals surface area contributed by atoms with Crippen LogP contribution in [-0.4, -0.2) is 21.7 Å². The van der Waals surface area contributed by atoms with E-state index in [9.17, 15) is 4.79 Å². The standard InChI is InChI=1S/C13H19N3O/c1-8-5-12(16(2)15-8)13(17)14-11-7-9-3-4-10(11)6-9/h5,9-11H,3-4,6-7H2,1-2H3,(H,14,17). The second kappa shape index (κ2) is 3.86. The maximum Gasteiger partial charge on any atom is 0.269 e. The fourth-order valence-electron chi connectivity index (χ4n) is 3.49. The summed E-state index contributed by atoms with van der Waals surface area (Å²) < 4.78 is 1.66. The van der Waals surface area contributed by atoms with Crippen molar-refractivity contribution in [3.05, 3.63) is 17.5 Å². The number of carbonyl (C=O) groups is 1. The Morgan fingerprint density at radius 3 is 2.82 bits per heavy atom. The van der Waals surface area contributed by atoms with E-state index in [1.807, 2.05) is 20.0 Å². The van der Waals surface area contributed by atoms with Crippen LogP contribution in [0.25, 0.3) is 0 Å². The van der Waals surface area contributed by atoms with Crippen LogP contribution < -0.4 is 5.32 Å². The maximum absolute atomic E-state index is 12.1. The summed E-state index contributed by atoms with van der Waals surface area (Å²) in [5.74, 6) is 1.61. The number of carbonyl (C=O) groups excluding carboxylic acids is 1. The van der Waals surface area contributed by atoms with Gasteiger partial charge in [-0.15, -0.1) is 0 Å². The zero-order valence-electron chi connectivity index (χ0n) is 10.4. The summed E-state index contributed by atoms with van der Waals surface area (Å²) >= 11 is 0. The van der Waals surface area contributed by atoms with Gasteiger partial charge in [-0.25, -0.2) is 0 Å². The van der Waals surface area contributed by atoms with Gasteiger partial charge in [-0.2, -0.15) is 5.10 Å². The van der Waals surface area contributed by atoms with Crippen molar-refractivity contribution in [2.45, 2.75) is 38.6 Å². The Hall–Kier alpha value is -1.32. The highest BCUT2D eigenvalue weighted by Gasteiger charge is 2.40. The van der Waals surface area contributed by atoms with Gasteiger partial charge in [0.1, 0.15) is 5.69 Å². The lowest BCUT2D eigenvalue weighted by atomic mass is 9.95. The fourth-order valence-corrected chi connectivity index (χ4v) is 3.49. The Morgan fingerprint density at radius 1 is 1.47 bits per heavy atom. The van der Waals surface area contributed by atoms with Gasteiger partial charge >= 0.3 is 0 Å². The normalized spacial score (nSPS) is 30.8. The summed E-state index contributed by atoms with van der Waals surface area (Å²) in [5.41, 5.74) is 1.57. The number of nitrogens with one attached hydrogen (secondary N) is 1. The van der Waals surface area contributed by atoms with Crippen molar-refractivity contribution in [3.8, 4) is 0 Å². The summed E-state index contributed by atoms with van der Waals surface area (Å²) in [7, 11) is 1.82. The molecule has 1 aromatic rings. The Morgan fingerprint density at radius 2 is 2.29 bits per heavy atom. The highest BCUT2D eigenvalue weighted by Crippen LogP contribution is 2.44. The van der Waals surface area contributed by atoms with E-state index in [4.69, 9.17) is 0 Å². The molecule has 92 valence electrons. The van der Waals surface area contributed by atoms with Crippen LogP contribution in [0.2, 0.25) is 0 Å². The summed E-state index contributed by atoms with van der Waals surface area (Å²) in [6, 6.07) is 2.25. The Kier molecular flexibility index (Phi) is 2.45. The third-order valence-electron chi connectivity index (χ3n) is 4.29. The lowest BCUT2D eigenvalue weighted by Crippen LogP contribution is -2.39. The molecule has 2 aliphatic rings. The molecule has 3 rings (SSSR count). The fraction of sp³-hybridized carbons (Fsp3) is 0.692. The first-order valence-corrected chi connectivity index (χ1v) is 6.45. The number of aryl methyl sites for hydroxylation is 2. The molecule has 3 atom stereocenters. The molecule has 0 radical (unpaired) electrons. The van der Waals surface area contributed by atoms with E-state index in [2.05, 4.69) is 10.4 Å². The molecule has 1 heterocycles. The third kappa shape index (κ3) is 1.85. The molecule has 4 nitrogen and oxygen atoms in total. The quantitative estimate of drug-likeness (QED) is 0.844. The Balaban J connectivity index is 1.69. The van der Waals surface area contributed by atoms with Crippen LogP contribution in [0.4, 0.5) is 0 Å². The number of hydrogen-bond acceptors (Lipinski definition) is 2. The van der Waals surface area contributed by atoms with Crippen molar-refractivity contribution < 1.29 is 4.79 Å². The molecule has 1 amide bonds. The van der Waals surface area contributed by atoms with Gasteiger partial charge in [0.2, 0.25) is 0 Å². The molecule has 1 aromatic heterocycles. The average molecular weight is 233 g/mol. The van der Waals surface area contributed by atoms with Gasteiger partial charge < -0.3 is 5.32 Å². The van der Waals surface area contributed by atoms with Crippen molar-refractivity contribution in [2.24, 2.45) is 18.9 Å². The predicted molar refractivity (Wildman–Crippen MR) is 64.6 cm³/mol. The number of hydrogen-bond donors (Lipinski definition) is 1. The largest absolute Gasteiger partial charge is 0.348 e. The molecule has 3 unspecified atom stereocenters. The topological polar surface area (TPSA) is 46.9 Å². The van der Waals surface area contributed by atoms with Crippen LogP contribution >= 0.6 is 0 Å². The van der Waals surface area contributed by atoms with E-state index in [1.165, 1.54) is 25.7 Å². The summed E-state index contributed by atoms with van der Waals surface area (Å²) in [6.07, 6.45) is 5.14. The molecule has 0 saturated heterocycles. The first kappa shape index (κ1) is 10.8. The first-order valence-electron chi connectivity index (χ1n) is 6.45. The van der Waals surface area contributed by atoms with Crippen molar-refractivity contribution in [3.63, 3.8) is 0 Å².